The van der Waals surface area contributed by atoms with Crippen molar-refractivity contribution in [2.75, 3.05) is 7.11 Å². The normalized spacial score (nSPS) is 10.8. The molecule has 0 bridgehead atoms. The first-order valence-electron chi connectivity index (χ1n) is 6.69. The van der Waals surface area contributed by atoms with E-state index in [1.807, 2.05) is 37.3 Å². The highest BCUT2D eigenvalue weighted by Gasteiger charge is 2.19. The van der Waals surface area contributed by atoms with Gasteiger partial charge in [0.1, 0.15) is 17.1 Å². The van der Waals surface area contributed by atoms with Crippen LogP contribution in [0.3, 0.4) is 0 Å². The zero-order valence-electron chi connectivity index (χ0n) is 12.4. The van der Waals surface area contributed by atoms with Crippen LogP contribution >= 0.6 is 0 Å². The summed E-state index contributed by atoms with van der Waals surface area (Å²) in [5.74, 6) is 0.112. The molecule has 0 aliphatic rings. The Kier molecular flexibility index (Phi) is 4.43. The molecule has 0 spiro atoms. The molecule has 2 aromatic rings. The fourth-order valence-corrected chi connectivity index (χ4v) is 2.27. The quantitative estimate of drug-likeness (QED) is 0.683. The molecule has 0 atom stereocenters. The molecule has 3 heteroatoms. The second-order valence-electron chi connectivity index (χ2n) is 4.88. The van der Waals surface area contributed by atoms with E-state index in [4.69, 9.17) is 4.74 Å². The van der Waals surface area contributed by atoms with Gasteiger partial charge in [-0.1, -0.05) is 36.4 Å². The summed E-state index contributed by atoms with van der Waals surface area (Å²) in [5.41, 5.74) is 2.62. The van der Waals surface area contributed by atoms with Gasteiger partial charge < -0.3 is 9.84 Å². The Bertz CT molecular complexity index is 685. The Morgan fingerprint density at radius 1 is 1.14 bits per heavy atom. The van der Waals surface area contributed by atoms with E-state index in [9.17, 15) is 9.90 Å². The van der Waals surface area contributed by atoms with Gasteiger partial charge in [0.25, 0.3) is 0 Å². The number of hydrogen-bond acceptors (Lipinski definition) is 3. The molecule has 0 aromatic heterocycles. The maximum Gasteiger partial charge on any atom is 0.193 e. The van der Waals surface area contributed by atoms with Crippen LogP contribution in [0.5, 0.6) is 11.5 Å². The van der Waals surface area contributed by atoms with Crippen molar-refractivity contribution in [1.82, 2.24) is 0 Å². The highest BCUT2D eigenvalue weighted by Crippen LogP contribution is 2.34. The van der Waals surface area contributed by atoms with Gasteiger partial charge in [-0.2, -0.15) is 0 Å². The summed E-state index contributed by atoms with van der Waals surface area (Å²) in [6.07, 6.45) is 3.17. The van der Waals surface area contributed by atoms with Crippen molar-refractivity contribution >= 4 is 11.9 Å². The SMILES string of the molecule is COc1c(C)cc(C)c(O)c1C(=O)/C=C/c1ccccc1. The maximum absolute atomic E-state index is 12.4. The molecular formula is C18H18O3. The molecule has 0 heterocycles. The van der Waals surface area contributed by atoms with Crippen LogP contribution in [-0.4, -0.2) is 18.0 Å². The lowest BCUT2D eigenvalue weighted by molar-refractivity contribution is 0.104. The second kappa shape index (κ2) is 6.27. The topological polar surface area (TPSA) is 46.5 Å². The first kappa shape index (κ1) is 14.9. The maximum atomic E-state index is 12.4. The summed E-state index contributed by atoms with van der Waals surface area (Å²) in [5, 5.41) is 10.2. The van der Waals surface area contributed by atoms with Gasteiger partial charge in [0.15, 0.2) is 5.78 Å². The van der Waals surface area contributed by atoms with Gasteiger partial charge in [-0.15, -0.1) is 0 Å². The van der Waals surface area contributed by atoms with E-state index in [1.165, 1.54) is 13.2 Å². The van der Waals surface area contributed by atoms with Crippen molar-refractivity contribution in [3.8, 4) is 11.5 Å². The first-order chi connectivity index (χ1) is 10.0. The molecule has 2 rings (SSSR count). The van der Waals surface area contributed by atoms with E-state index < -0.39 is 0 Å². The molecule has 0 saturated carbocycles. The average molecular weight is 282 g/mol. The van der Waals surface area contributed by atoms with Gasteiger partial charge in [0.2, 0.25) is 0 Å². The van der Waals surface area contributed by atoms with E-state index in [2.05, 4.69) is 0 Å². The van der Waals surface area contributed by atoms with Gasteiger partial charge in [-0.25, -0.2) is 0 Å². The third kappa shape index (κ3) is 3.14. The Morgan fingerprint density at radius 3 is 2.43 bits per heavy atom. The molecule has 0 aliphatic carbocycles. The molecule has 0 saturated heterocycles. The number of carbonyl (C=O) groups is 1. The molecule has 0 radical (unpaired) electrons. The van der Waals surface area contributed by atoms with E-state index in [0.29, 0.717) is 11.3 Å². The number of aryl methyl sites for hydroxylation is 2. The molecule has 108 valence electrons. The van der Waals surface area contributed by atoms with Crippen molar-refractivity contribution in [2.24, 2.45) is 0 Å². The van der Waals surface area contributed by atoms with Crippen LogP contribution in [0.2, 0.25) is 0 Å². The minimum atomic E-state index is -0.278. The Morgan fingerprint density at radius 2 is 1.81 bits per heavy atom. The third-order valence-corrected chi connectivity index (χ3v) is 3.31. The largest absolute Gasteiger partial charge is 0.507 e. The van der Waals surface area contributed by atoms with Gasteiger partial charge in [-0.3, -0.25) is 4.79 Å². The van der Waals surface area contributed by atoms with Crippen molar-refractivity contribution in [3.05, 3.63) is 64.7 Å². The van der Waals surface area contributed by atoms with Crippen molar-refractivity contribution in [1.29, 1.82) is 0 Å². The Labute approximate surface area is 124 Å². The number of benzene rings is 2. The van der Waals surface area contributed by atoms with Crippen LogP contribution in [0.15, 0.2) is 42.5 Å². The van der Waals surface area contributed by atoms with Crippen LogP contribution in [0.4, 0.5) is 0 Å². The number of allylic oxidation sites excluding steroid dienone is 1. The molecule has 3 nitrogen and oxygen atoms in total. The molecule has 2 aromatic carbocycles. The van der Waals surface area contributed by atoms with E-state index in [-0.39, 0.29) is 17.1 Å². The van der Waals surface area contributed by atoms with Crippen LogP contribution in [-0.2, 0) is 0 Å². The average Bonchev–Trinajstić information content (AvgIpc) is 2.49. The number of ketones is 1. The van der Waals surface area contributed by atoms with Crippen LogP contribution < -0.4 is 4.74 Å². The highest BCUT2D eigenvalue weighted by atomic mass is 16.5. The number of carbonyl (C=O) groups excluding carboxylic acids is 1. The van der Waals surface area contributed by atoms with Crippen LogP contribution in [0.1, 0.15) is 27.0 Å². The lowest BCUT2D eigenvalue weighted by Crippen LogP contribution is -2.03. The molecule has 1 N–H and O–H groups in total. The summed E-state index contributed by atoms with van der Waals surface area (Å²) >= 11 is 0. The molecule has 21 heavy (non-hydrogen) atoms. The number of aromatic hydroxyl groups is 1. The van der Waals surface area contributed by atoms with E-state index in [1.54, 1.807) is 19.1 Å². The predicted molar refractivity (Wildman–Crippen MR) is 83.9 cm³/mol. The number of phenols is 1. The number of hydrogen-bond donors (Lipinski definition) is 1. The van der Waals surface area contributed by atoms with Gasteiger partial charge in [0, 0.05) is 0 Å². The number of rotatable bonds is 4. The van der Waals surface area contributed by atoms with Crippen molar-refractivity contribution < 1.29 is 14.6 Å². The molecular weight excluding hydrogens is 264 g/mol. The van der Waals surface area contributed by atoms with Crippen molar-refractivity contribution in [2.45, 2.75) is 13.8 Å². The van der Waals surface area contributed by atoms with Crippen LogP contribution in [0.25, 0.3) is 6.08 Å². The predicted octanol–water partition coefficient (Wildman–Crippen LogP) is 3.91. The third-order valence-electron chi connectivity index (χ3n) is 3.31. The number of ether oxygens (including phenoxy) is 1. The standard InChI is InChI=1S/C18H18O3/c1-12-11-13(2)18(21-3)16(17(12)20)15(19)10-9-14-7-5-4-6-8-14/h4-11,20H,1-3H3/b10-9+. The smallest absolute Gasteiger partial charge is 0.193 e. The lowest BCUT2D eigenvalue weighted by atomic mass is 10.00. The summed E-state index contributed by atoms with van der Waals surface area (Å²) in [4.78, 5) is 12.4. The first-order valence-corrected chi connectivity index (χ1v) is 6.69. The van der Waals surface area contributed by atoms with Gasteiger partial charge in [0.05, 0.1) is 7.11 Å². The van der Waals surface area contributed by atoms with Crippen LogP contribution in [0, 0.1) is 13.8 Å². The van der Waals surface area contributed by atoms with Gasteiger partial charge >= 0.3 is 0 Å². The minimum absolute atomic E-state index is 0.0276. The molecule has 0 amide bonds. The lowest BCUT2D eigenvalue weighted by Gasteiger charge is -2.13. The van der Waals surface area contributed by atoms with E-state index in [0.717, 1.165) is 11.1 Å². The molecule has 0 aliphatic heterocycles. The minimum Gasteiger partial charge on any atom is -0.507 e. The summed E-state index contributed by atoms with van der Waals surface area (Å²) in [6.45, 7) is 3.61. The summed E-state index contributed by atoms with van der Waals surface area (Å²) < 4.78 is 5.27. The van der Waals surface area contributed by atoms with E-state index >= 15 is 0 Å². The monoisotopic (exact) mass is 282 g/mol. The fraction of sp³-hybridized carbons (Fsp3) is 0.167. The van der Waals surface area contributed by atoms with Crippen molar-refractivity contribution in [3.63, 3.8) is 0 Å². The zero-order valence-corrected chi connectivity index (χ0v) is 12.4. The number of methoxy groups -OCH3 is 1. The van der Waals surface area contributed by atoms with Gasteiger partial charge in [-0.05, 0) is 42.7 Å². The Hall–Kier alpha value is -2.55. The summed E-state index contributed by atoms with van der Waals surface area (Å²) in [7, 11) is 1.49. The summed E-state index contributed by atoms with van der Waals surface area (Å²) in [6, 6.07) is 11.3. The second-order valence-corrected chi connectivity index (χ2v) is 4.88. The highest BCUT2D eigenvalue weighted by molar-refractivity contribution is 6.11. The number of phenolic OH excluding ortho intramolecular Hbond substituents is 1. The molecule has 0 unspecified atom stereocenters. The zero-order chi connectivity index (χ0) is 15.4. The molecule has 0 fully saturated rings. The fourth-order valence-electron chi connectivity index (χ4n) is 2.27. The Balaban J connectivity index is 2.42.